The summed E-state index contributed by atoms with van der Waals surface area (Å²) < 4.78 is 0. The molecule has 2 aromatic heterocycles. The van der Waals surface area contributed by atoms with Crippen molar-refractivity contribution in [1.82, 2.24) is 15.0 Å². The minimum atomic E-state index is -0.288. The average Bonchev–Trinajstić information content (AvgIpc) is 3.16. The molecule has 3 heterocycles. The highest BCUT2D eigenvalue weighted by Gasteiger charge is 2.14. The number of para-hydroxylation sites is 2. The first-order chi connectivity index (χ1) is 11.8. The van der Waals surface area contributed by atoms with Crippen LogP contribution >= 0.6 is 0 Å². The Morgan fingerprint density at radius 2 is 1.75 bits per heavy atom. The van der Waals surface area contributed by atoms with Crippen LogP contribution in [0.1, 0.15) is 23.3 Å². The number of hydrogen-bond acceptors (Lipinski definition) is 5. The molecule has 1 amide bonds. The summed E-state index contributed by atoms with van der Waals surface area (Å²) in [6, 6.07) is 11.3. The Balaban J connectivity index is 1.50. The van der Waals surface area contributed by atoms with E-state index in [1.165, 1.54) is 19.0 Å². The molecule has 0 aliphatic carbocycles. The molecule has 0 spiro atoms. The van der Waals surface area contributed by atoms with E-state index in [9.17, 15) is 4.79 Å². The van der Waals surface area contributed by atoms with Crippen LogP contribution in [-0.4, -0.2) is 33.9 Å². The van der Waals surface area contributed by atoms with Crippen molar-refractivity contribution in [3.05, 3.63) is 54.5 Å². The van der Waals surface area contributed by atoms with Gasteiger partial charge in [0.15, 0.2) is 0 Å². The van der Waals surface area contributed by atoms with Crippen LogP contribution < -0.4 is 10.2 Å². The lowest BCUT2D eigenvalue weighted by Gasteiger charge is -2.16. The first-order valence-electron chi connectivity index (χ1n) is 8.04. The van der Waals surface area contributed by atoms with Gasteiger partial charge in [0.1, 0.15) is 11.5 Å². The molecule has 3 aromatic rings. The monoisotopic (exact) mass is 319 g/mol. The Labute approximate surface area is 139 Å². The molecule has 1 fully saturated rings. The number of amides is 1. The van der Waals surface area contributed by atoms with Gasteiger partial charge in [0.25, 0.3) is 5.91 Å². The van der Waals surface area contributed by atoms with Crippen molar-refractivity contribution in [2.75, 3.05) is 23.3 Å². The number of nitrogens with zero attached hydrogens (tertiary/aromatic N) is 4. The number of fused-ring (bicyclic) bond motifs is 1. The van der Waals surface area contributed by atoms with Gasteiger partial charge in [-0.1, -0.05) is 12.1 Å². The molecule has 120 valence electrons. The largest absolute Gasteiger partial charge is 0.357 e. The first kappa shape index (κ1) is 14.6. The normalized spacial score (nSPS) is 14.1. The molecule has 0 radical (unpaired) electrons. The number of carbonyl (C=O) groups excluding carboxylic acids is 1. The summed E-state index contributed by atoms with van der Waals surface area (Å²) >= 11 is 0. The molecular weight excluding hydrogens is 302 g/mol. The number of carbonyl (C=O) groups is 1. The van der Waals surface area contributed by atoms with Gasteiger partial charge >= 0.3 is 0 Å². The summed E-state index contributed by atoms with van der Waals surface area (Å²) in [4.78, 5) is 27.6. The number of benzene rings is 1. The third-order valence-corrected chi connectivity index (χ3v) is 4.12. The molecule has 4 rings (SSSR count). The standard InChI is InChI=1S/C18H17N5O/c24-18(16-12-19-14-5-1-2-6-15(14)22-16)21-13-7-8-17(20-11-13)23-9-3-4-10-23/h1-2,5-8,11-12H,3-4,9-10H2,(H,21,24). The summed E-state index contributed by atoms with van der Waals surface area (Å²) in [6.07, 6.45) is 5.59. The fourth-order valence-corrected chi connectivity index (χ4v) is 2.86. The van der Waals surface area contributed by atoms with E-state index in [1.54, 1.807) is 6.20 Å². The maximum Gasteiger partial charge on any atom is 0.275 e. The second kappa shape index (κ2) is 6.23. The Hall–Kier alpha value is -3.02. The number of rotatable bonds is 3. The van der Waals surface area contributed by atoms with Crippen LogP contribution in [0.2, 0.25) is 0 Å². The molecule has 0 unspecified atom stereocenters. The number of aromatic nitrogens is 3. The summed E-state index contributed by atoms with van der Waals surface area (Å²) in [5, 5.41) is 2.82. The van der Waals surface area contributed by atoms with Crippen molar-refractivity contribution in [2.24, 2.45) is 0 Å². The van der Waals surface area contributed by atoms with Crippen LogP contribution in [0.25, 0.3) is 11.0 Å². The van der Waals surface area contributed by atoms with Crippen molar-refractivity contribution in [3.8, 4) is 0 Å². The lowest BCUT2D eigenvalue weighted by molar-refractivity contribution is 0.102. The molecular formula is C18H17N5O. The SMILES string of the molecule is O=C(Nc1ccc(N2CCCC2)nc1)c1cnc2ccccc2n1. The molecule has 6 nitrogen and oxygen atoms in total. The first-order valence-corrected chi connectivity index (χ1v) is 8.04. The second-order valence-corrected chi connectivity index (χ2v) is 5.80. The Bertz CT molecular complexity index is 872. The highest BCUT2D eigenvalue weighted by atomic mass is 16.1. The van der Waals surface area contributed by atoms with Gasteiger partial charge in [0.2, 0.25) is 0 Å². The smallest absolute Gasteiger partial charge is 0.275 e. The molecule has 24 heavy (non-hydrogen) atoms. The van der Waals surface area contributed by atoms with E-state index >= 15 is 0 Å². The van der Waals surface area contributed by atoms with E-state index < -0.39 is 0 Å². The highest BCUT2D eigenvalue weighted by Crippen LogP contribution is 2.19. The molecule has 1 aliphatic heterocycles. The van der Waals surface area contributed by atoms with Gasteiger partial charge in [-0.05, 0) is 37.1 Å². The van der Waals surface area contributed by atoms with Gasteiger partial charge in [-0.15, -0.1) is 0 Å². The number of pyridine rings is 1. The maximum atomic E-state index is 12.3. The number of hydrogen-bond donors (Lipinski definition) is 1. The minimum Gasteiger partial charge on any atom is -0.357 e. The van der Waals surface area contributed by atoms with Gasteiger partial charge in [0, 0.05) is 13.1 Å². The predicted octanol–water partition coefficient (Wildman–Crippen LogP) is 2.88. The molecule has 1 aliphatic rings. The number of nitrogens with one attached hydrogen (secondary N) is 1. The van der Waals surface area contributed by atoms with Gasteiger partial charge < -0.3 is 10.2 Å². The quantitative estimate of drug-likeness (QED) is 0.804. The zero-order valence-electron chi connectivity index (χ0n) is 13.1. The zero-order chi connectivity index (χ0) is 16.4. The molecule has 1 saturated heterocycles. The van der Waals surface area contributed by atoms with E-state index in [4.69, 9.17) is 0 Å². The molecule has 0 atom stereocenters. The van der Waals surface area contributed by atoms with E-state index in [0.29, 0.717) is 11.2 Å². The van der Waals surface area contributed by atoms with Crippen molar-refractivity contribution in [1.29, 1.82) is 0 Å². The third-order valence-electron chi connectivity index (χ3n) is 4.12. The van der Waals surface area contributed by atoms with E-state index in [1.807, 2.05) is 36.4 Å². The van der Waals surface area contributed by atoms with Gasteiger partial charge in [-0.3, -0.25) is 9.78 Å². The van der Waals surface area contributed by atoms with Gasteiger partial charge in [-0.25, -0.2) is 9.97 Å². The van der Waals surface area contributed by atoms with Crippen LogP contribution in [0.3, 0.4) is 0 Å². The zero-order valence-corrected chi connectivity index (χ0v) is 13.1. The van der Waals surface area contributed by atoms with Crippen molar-refractivity contribution in [3.63, 3.8) is 0 Å². The average molecular weight is 319 g/mol. The van der Waals surface area contributed by atoms with Crippen LogP contribution in [0.5, 0.6) is 0 Å². The molecule has 0 saturated carbocycles. The van der Waals surface area contributed by atoms with Crippen molar-refractivity contribution >= 4 is 28.4 Å². The maximum absolute atomic E-state index is 12.3. The number of anilines is 2. The van der Waals surface area contributed by atoms with Gasteiger partial charge in [0.05, 0.1) is 29.1 Å². The van der Waals surface area contributed by atoms with Crippen LogP contribution in [-0.2, 0) is 0 Å². The fourth-order valence-electron chi connectivity index (χ4n) is 2.86. The van der Waals surface area contributed by atoms with Crippen molar-refractivity contribution < 1.29 is 4.79 Å². The fraction of sp³-hybridized carbons (Fsp3) is 0.222. The molecule has 1 N–H and O–H groups in total. The topological polar surface area (TPSA) is 71.0 Å². The molecule has 0 bridgehead atoms. The predicted molar refractivity (Wildman–Crippen MR) is 93.2 cm³/mol. The minimum absolute atomic E-state index is 0.288. The highest BCUT2D eigenvalue weighted by molar-refractivity contribution is 6.03. The third kappa shape index (κ3) is 2.90. The van der Waals surface area contributed by atoms with E-state index in [2.05, 4.69) is 25.2 Å². The van der Waals surface area contributed by atoms with Crippen LogP contribution in [0, 0.1) is 0 Å². The summed E-state index contributed by atoms with van der Waals surface area (Å²) in [5.41, 5.74) is 2.41. The Morgan fingerprint density at radius 1 is 0.958 bits per heavy atom. The van der Waals surface area contributed by atoms with Crippen LogP contribution in [0.15, 0.2) is 48.8 Å². The summed E-state index contributed by atoms with van der Waals surface area (Å²) in [5.74, 6) is 0.667. The summed E-state index contributed by atoms with van der Waals surface area (Å²) in [6.45, 7) is 2.09. The Morgan fingerprint density at radius 3 is 2.50 bits per heavy atom. The van der Waals surface area contributed by atoms with Gasteiger partial charge in [-0.2, -0.15) is 0 Å². The Kier molecular flexibility index (Phi) is 3.78. The van der Waals surface area contributed by atoms with E-state index in [-0.39, 0.29) is 11.6 Å². The molecule has 6 heteroatoms. The molecule has 1 aromatic carbocycles. The van der Waals surface area contributed by atoms with E-state index in [0.717, 1.165) is 24.4 Å². The summed E-state index contributed by atoms with van der Waals surface area (Å²) in [7, 11) is 0. The lowest BCUT2D eigenvalue weighted by atomic mass is 10.3. The van der Waals surface area contributed by atoms with Crippen molar-refractivity contribution in [2.45, 2.75) is 12.8 Å². The lowest BCUT2D eigenvalue weighted by Crippen LogP contribution is -2.19. The van der Waals surface area contributed by atoms with Crippen LogP contribution in [0.4, 0.5) is 11.5 Å². The second-order valence-electron chi connectivity index (χ2n) is 5.80.